The molecule has 2 aliphatic heterocycles. The number of benzene rings is 1. The summed E-state index contributed by atoms with van der Waals surface area (Å²) in [6.45, 7) is 2.81. The van der Waals surface area contributed by atoms with Crippen molar-refractivity contribution in [2.24, 2.45) is 5.92 Å². The number of carboxylic acid groups (broad SMARTS) is 1. The first kappa shape index (κ1) is 17.0. The van der Waals surface area contributed by atoms with Gasteiger partial charge in [-0.2, -0.15) is 0 Å². The zero-order valence-corrected chi connectivity index (χ0v) is 14.2. The van der Waals surface area contributed by atoms with E-state index in [0.29, 0.717) is 24.1 Å². The molecule has 3 rings (SSSR count). The van der Waals surface area contributed by atoms with Gasteiger partial charge >= 0.3 is 5.97 Å². The van der Waals surface area contributed by atoms with E-state index >= 15 is 0 Å². The Kier molecular flexibility index (Phi) is 5.26. The molecule has 6 heteroatoms. The number of aliphatic carboxylic acids is 1. The number of rotatable bonds is 5. The van der Waals surface area contributed by atoms with Crippen LogP contribution >= 0.6 is 0 Å². The molecule has 1 aromatic rings. The smallest absolute Gasteiger partial charge is 0.308 e. The second-order valence-corrected chi connectivity index (χ2v) is 6.43. The molecule has 0 unspecified atom stereocenters. The van der Waals surface area contributed by atoms with Gasteiger partial charge in [-0.05, 0) is 18.9 Å². The summed E-state index contributed by atoms with van der Waals surface area (Å²) in [5.74, 6) is -0.00240. The Morgan fingerprint density at radius 2 is 1.96 bits per heavy atom. The molecule has 0 aliphatic carbocycles. The van der Waals surface area contributed by atoms with Gasteiger partial charge in [-0.1, -0.05) is 12.1 Å². The van der Waals surface area contributed by atoms with Gasteiger partial charge in [-0.3, -0.25) is 9.69 Å². The molecule has 24 heavy (non-hydrogen) atoms. The predicted molar refractivity (Wildman–Crippen MR) is 88.8 cm³/mol. The van der Waals surface area contributed by atoms with Crippen molar-refractivity contribution in [3.63, 3.8) is 0 Å². The molecule has 0 saturated carbocycles. The average molecular weight is 335 g/mol. The maximum Gasteiger partial charge on any atom is 0.308 e. The second-order valence-electron chi connectivity index (χ2n) is 6.43. The summed E-state index contributed by atoms with van der Waals surface area (Å²) in [6.07, 6.45) is 1.93. The minimum absolute atomic E-state index is 0.101. The van der Waals surface area contributed by atoms with E-state index in [1.807, 2.05) is 18.2 Å². The molecule has 1 aromatic carbocycles. The van der Waals surface area contributed by atoms with Crippen LogP contribution < -0.4 is 9.47 Å². The fourth-order valence-electron chi connectivity index (χ4n) is 3.95. The SMILES string of the molecule is COc1cccc([C@@H]2CN(C3CCOCC3)C[C@H]2C(=O)O)c1OC. The molecule has 1 N–H and O–H groups in total. The summed E-state index contributed by atoms with van der Waals surface area (Å²) in [4.78, 5) is 14.2. The van der Waals surface area contributed by atoms with Crippen LogP contribution in [0.4, 0.5) is 0 Å². The van der Waals surface area contributed by atoms with Crippen LogP contribution in [0, 0.1) is 5.92 Å². The average Bonchev–Trinajstić information content (AvgIpc) is 3.07. The maximum absolute atomic E-state index is 11.8. The lowest BCUT2D eigenvalue weighted by Gasteiger charge is -2.31. The van der Waals surface area contributed by atoms with Gasteiger partial charge in [0.1, 0.15) is 0 Å². The third-order valence-corrected chi connectivity index (χ3v) is 5.21. The van der Waals surface area contributed by atoms with Gasteiger partial charge in [0.15, 0.2) is 11.5 Å². The van der Waals surface area contributed by atoms with E-state index in [4.69, 9.17) is 14.2 Å². The number of hydrogen-bond acceptors (Lipinski definition) is 5. The Morgan fingerprint density at radius 1 is 1.21 bits per heavy atom. The van der Waals surface area contributed by atoms with E-state index in [1.54, 1.807) is 14.2 Å². The summed E-state index contributed by atoms with van der Waals surface area (Å²) >= 11 is 0. The molecule has 132 valence electrons. The molecule has 0 amide bonds. The van der Waals surface area contributed by atoms with Gasteiger partial charge < -0.3 is 19.3 Å². The van der Waals surface area contributed by atoms with Crippen LogP contribution in [0.25, 0.3) is 0 Å². The number of carboxylic acids is 1. The van der Waals surface area contributed by atoms with Crippen molar-refractivity contribution < 1.29 is 24.1 Å². The first-order valence-corrected chi connectivity index (χ1v) is 8.41. The fourth-order valence-corrected chi connectivity index (χ4v) is 3.95. The van der Waals surface area contributed by atoms with Crippen molar-refractivity contribution in [3.8, 4) is 11.5 Å². The molecule has 2 aliphatic rings. The highest BCUT2D eigenvalue weighted by Crippen LogP contribution is 2.42. The number of likely N-dealkylation sites (tertiary alicyclic amines) is 1. The van der Waals surface area contributed by atoms with Crippen LogP contribution in [0.3, 0.4) is 0 Å². The number of ether oxygens (including phenoxy) is 3. The molecule has 0 aromatic heterocycles. The van der Waals surface area contributed by atoms with Gasteiger partial charge in [0.05, 0.1) is 20.1 Å². The largest absolute Gasteiger partial charge is 0.493 e. The Morgan fingerprint density at radius 3 is 2.58 bits per heavy atom. The van der Waals surface area contributed by atoms with Gasteiger partial charge in [-0.25, -0.2) is 0 Å². The quantitative estimate of drug-likeness (QED) is 0.887. The number of methoxy groups -OCH3 is 2. The van der Waals surface area contributed by atoms with Crippen molar-refractivity contribution in [2.45, 2.75) is 24.8 Å². The summed E-state index contributed by atoms with van der Waals surface area (Å²) in [5.41, 5.74) is 0.916. The number of carbonyl (C=O) groups is 1. The normalized spacial score (nSPS) is 25.6. The van der Waals surface area contributed by atoms with E-state index in [-0.39, 0.29) is 5.92 Å². The molecule has 0 spiro atoms. The summed E-state index contributed by atoms with van der Waals surface area (Å²) in [5, 5.41) is 9.73. The van der Waals surface area contributed by atoms with Crippen LogP contribution in [-0.2, 0) is 9.53 Å². The third-order valence-electron chi connectivity index (χ3n) is 5.21. The number of para-hydroxylation sites is 1. The molecule has 2 atom stereocenters. The molecule has 0 radical (unpaired) electrons. The van der Waals surface area contributed by atoms with Gasteiger partial charge in [0.2, 0.25) is 0 Å². The Labute approximate surface area is 142 Å². The van der Waals surface area contributed by atoms with E-state index in [9.17, 15) is 9.90 Å². The molecule has 6 nitrogen and oxygen atoms in total. The van der Waals surface area contributed by atoms with E-state index in [2.05, 4.69) is 4.90 Å². The molecular weight excluding hydrogens is 310 g/mol. The summed E-state index contributed by atoms with van der Waals surface area (Å²) < 4.78 is 16.3. The molecule has 0 bridgehead atoms. The van der Waals surface area contributed by atoms with Crippen molar-refractivity contribution in [1.29, 1.82) is 0 Å². The van der Waals surface area contributed by atoms with Crippen molar-refractivity contribution in [2.75, 3.05) is 40.5 Å². The Balaban J connectivity index is 1.89. The highest BCUT2D eigenvalue weighted by Gasteiger charge is 2.42. The molecular formula is C18H25NO5. The lowest BCUT2D eigenvalue weighted by Crippen LogP contribution is -2.38. The van der Waals surface area contributed by atoms with Gasteiger partial charge in [0.25, 0.3) is 0 Å². The van der Waals surface area contributed by atoms with Gasteiger partial charge in [-0.15, -0.1) is 0 Å². The summed E-state index contributed by atoms with van der Waals surface area (Å²) in [6, 6.07) is 6.09. The molecule has 2 heterocycles. The minimum atomic E-state index is -0.751. The Bertz CT molecular complexity index is 585. The third kappa shape index (κ3) is 3.21. The van der Waals surface area contributed by atoms with Crippen molar-refractivity contribution in [3.05, 3.63) is 23.8 Å². The predicted octanol–water partition coefficient (Wildman–Crippen LogP) is 1.98. The zero-order chi connectivity index (χ0) is 17.1. The monoisotopic (exact) mass is 335 g/mol. The highest BCUT2D eigenvalue weighted by atomic mass is 16.5. The number of nitrogens with zero attached hydrogens (tertiary/aromatic N) is 1. The number of hydrogen-bond donors (Lipinski definition) is 1. The topological polar surface area (TPSA) is 68.2 Å². The Hall–Kier alpha value is -1.79. The lowest BCUT2D eigenvalue weighted by atomic mass is 9.88. The van der Waals surface area contributed by atoms with Crippen LogP contribution in [0.1, 0.15) is 24.3 Å². The van der Waals surface area contributed by atoms with E-state index in [1.165, 1.54) is 0 Å². The fraction of sp³-hybridized carbons (Fsp3) is 0.611. The van der Waals surface area contributed by atoms with Crippen LogP contribution in [0.15, 0.2) is 18.2 Å². The molecule has 2 saturated heterocycles. The summed E-state index contributed by atoms with van der Waals surface area (Å²) in [7, 11) is 3.20. The lowest BCUT2D eigenvalue weighted by molar-refractivity contribution is -0.141. The standard InChI is InChI=1S/C18H25NO5/c1-22-16-5-3-4-13(17(16)23-2)14-10-19(11-15(14)18(20)21)12-6-8-24-9-7-12/h3-5,12,14-15H,6-11H2,1-2H3,(H,20,21)/t14-,15+/m0/s1. The van der Waals surface area contributed by atoms with Crippen molar-refractivity contribution in [1.82, 2.24) is 4.90 Å². The van der Waals surface area contributed by atoms with Crippen LogP contribution in [-0.4, -0.2) is 62.5 Å². The highest BCUT2D eigenvalue weighted by molar-refractivity contribution is 5.73. The van der Waals surface area contributed by atoms with Crippen LogP contribution in [0.2, 0.25) is 0 Å². The van der Waals surface area contributed by atoms with Crippen LogP contribution in [0.5, 0.6) is 11.5 Å². The second kappa shape index (κ2) is 7.40. The van der Waals surface area contributed by atoms with Crippen molar-refractivity contribution >= 4 is 5.97 Å². The minimum Gasteiger partial charge on any atom is -0.493 e. The zero-order valence-electron chi connectivity index (χ0n) is 14.2. The van der Waals surface area contributed by atoms with Gasteiger partial charge in [0, 0.05) is 43.8 Å². The molecule has 2 fully saturated rings. The maximum atomic E-state index is 11.8. The first-order valence-electron chi connectivity index (χ1n) is 8.41. The first-order chi connectivity index (χ1) is 11.7. The van der Waals surface area contributed by atoms with E-state index in [0.717, 1.165) is 38.2 Å². The van der Waals surface area contributed by atoms with E-state index < -0.39 is 11.9 Å².